The summed E-state index contributed by atoms with van der Waals surface area (Å²) in [6.07, 6.45) is 3.23. The van der Waals surface area contributed by atoms with Crippen molar-refractivity contribution < 1.29 is 18.7 Å². The molecule has 140 valence electrons. The number of benzene rings is 2. The molecule has 1 aromatic heterocycles. The molecule has 0 radical (unpaired) electrons. The van der Waals surface area contributed by atoms with Crippen LogP contribution in [0, 0.1) is 5.82 Å². The second-order valence-corrected chi connectivity index (χ2v) is 6.49. The topological polar surface area (TPSA) is 71.5 Å². The lowest BCUT2D eigenvalue weighted by Crippen LogP contribution is -2.40. The fourth-order valence-electron chi connectivity index (χ4n) is 3.06. The summed E-state index contributed by atoms with van der Waals surface area (Å²) in [5.41, 5.74) is -0.353. The smallest absolute Gasteiger partial charge is 0.329 e. The monoisotopic (exact) mass is 377 g/mol. The van der Waals surface area contributed by atoms with Crippen molar-refractivity contribution >= 4 is 17.6 Å². The van der Waals surface area contributed by atoms with E-state index in [-0.39, 0.29) is 0 Å². The molecule has 4 rings (SSSR count). The van der Waals surface area contributed by atoms with Gasteiger partial charge in [0.2, 0.25) is 0 Å². The van der Waals surface area contributed by atoms with Gasteiger partial charge in [0.15, 0.2) is 0 Å². The molecule has 1 unspecified atom stereocenters. The van der Waals surface area contributed by atoms with Crippen molar-refractivity contribution in [2.45, 2.75) is 12.5 Å². The van der Waals surface area contributed by atoms with Crippen molar-refractivity contribution in [1.82, 2.24) is 10.3 Å². The van der Waals surface area contributed by atoms with Crippen LogP contribution in [0.25, 0.3) is 0 Å². The normalized spacial score (nSPS) is 18.9. The van der Waals surface area contributed by atoms with Crippen LogP contribution in [0.1, 0.15) is 12.5 Å². The van der Waals surface area contributed by atoms with Gasteiger partial charge in [-0.1, -0.05) is 12.1 Å². The number of anilines is 1. The van der Waals surface area contributed by atoms with Crippen LogP contribution in [0.4, 0.5) is 14.9 Å². The van der Waals surface area contributed by atoms with E-state index < -0.39 is 23.3 Å². The summed E-state index contributed by atoms with van der Waals surface area (Å²) in [4.78, 5) is 30.5. The lowest BCUT2D eigenvalue weighted by molar-refractivity contribution is -0.121. The first kappa shape index (κ1) is 17.7. The molecule has 2 heterocycles. The molecule has 1 aliphatic rings. The number of hydrogen-bond acceptors (Lipinski definition) is 4. The van der Waals surface area contributed by atoms with Crippen molar-refractivity contribution in [3.05, 3.63) is 84.4 Å². The van der Waals surface area contributed by atoms with Crippen molar-refractivity contribution in [3.63, 3.8) is 0 Å². The molecule has 3 amide bonds. The Morgan fingerprint density at radius 1 is 1.00 bits per heavy atom. The highest BCUT2D eigenvalue weighted by Crippen LogP contribution is 2.33. The third kappa shape index (κ3) is 3.07. The number of nitrogens with zero attached hydrogens (tertiary/aromatic N) is 2. The molecular weight excluding hydrogens is 361 g/mol. The Kier molecular flexibility index (Phi) is 4.27. The Labute approximate surface area is 160 Å². The van der Waals surface area contributed by atoms with Gasteiger partial charge in [0.05, 0.1) is 11.9 Å². The van der Waals surface area contributed by atoms with Gasteiger partial charge >= 0.3 is 6.03 Å². The maximum absolute atomic E-state index is 13.2. The first-order chi connectivity index (χ1) is 13.5. The van der Waals surface area contributed by atoms with E-state index in [0.717, 1.165) is 4.90 Å². The highest BCUT2D eigenvalue weighted by atomic mass is 19.1. The van der Waals surface area contributed by atoms with Crippen LogP contribution in [0.5, 0.6) is 11.5 Å². The lowest BCUT2D eigenvalue weighted by Gasteiger charge is -2.22. The Balaban J connectivity index is 1.58. The summed E-state index contributed by atoms with van der Waals surface area (Å²) < 4.78 is 18.9. The first-order valence-electron chi connectivity index (χ1n) is 8.58. The average Bonchev–Trinajstić information content (AvgIpc) is 2.93. The van der Waals surface area contributed by atoms with E-state index in [1.54, 1.807) is 55.7 Å². The summed E-state index contributed by atoms with van der Waals surface area (Å²) in [6.45, 7) is 1.60. The standard InChI is InChI=1S/C21H16FN3O3/c1-21(14-4-6-15(22)7-5-14)19(26)25(20(27)24-21)16-8-10-17(11-9-16)28-18-3-2-12-23-13-18/h2-13H,1H3,(H,24,27). The highest BCUT2D eigenvalue weighted by Gasteiger charge is 2.49. The summed E-state index contributed by atoms with van der Waals surface area (Å²) in [5, 5.41) is 2.69. The molecule has 0 spiro atoms. The van der Waals surface area contributed by atoms with E-state index >= 15 is 0 Å². The van der Waals surface area contributed by atoms with Crippen LogP contribution < -0.4 is 15.0 Å². The molecule has 2 aromatic carbocycles. The molecule has 1 N–H and O–H groups in total. The van der Waals surface area contributed by atoms with Crippen molar-refractivity contribution in [2.24, 2.45) is 0 Å². The number of carbonyl (C=O) groups excluding carboxylic acids is 2. The fourth-order valence-corrected chi connectivity index (χ4v) is 3.06. The number of pyridine rings is 1. The fraction of sp³-hybridized carbons (Fsp3) is 0.0952. The summed E-state index contributed by atoms with van der Waals surface area (Å²) in [6, 6.07) is 15.0. The Bertz CT molecular complexity index is 1020. The second kappa shape index (κ2) is 6.77. The Morgan fingerprint density at radius 2 is 1.71 bits per heavy atom. The number of carbonyl (C=O) groups is 2. The van der Waals surface area contributed by atoms with E-state index in [0.29, 0.717) is 22.7 Å². The lowest BCUT2D eigenvalue weighted by atomic mass is 9.92. The molecule has 7 heteroatoms. The second-order valence-electron chi connectivity index (χ2n) is 6.49. The largest absolute Gasteiger partial charge is 0.456 e. The van der Waals surface area contributed by atoms with Gasteiger partial charge in [-0.3, -0.25) is 9.78 Å². The maximum atomic E-state index is 13.2. The minimum Gasteiger partial charge on any atom is -0.456 e. The molecule has 0 aliphatic carbocycles. The molecule has 1 aliphatic heterocycles. The van der Waals surface area contributed by atoms with Gasteiger partial charge in [-0.25, -0.2) is 14.1 Å². The number of halogens is 1. The highest BCUT2D eigenvalue weighted by molar-refractivity contribution is 6.23. The number of hydrogen-bond donors (Lipinski definition) is 1. The van der Waals surface area contributed by atoms with Crippen LogP contribution in [-0.4, -0.2) is 16.9 Å². The minimum absolute atomic E-state index is 0.409. The summed E-state index contributed by atoms with van der Waals surface area (Å²) >= 11 is 0. The third-order valence-electron chi connectivity index (χ3n) is 4.58. The van der Waals surface area contributed by atoms with Crippen molar-refractivity contribution in [2.75, 3.05) is 4.90 Å². The number of ether oxygens (including phenoxy) is 1. The molecule has 6 nitrogen and oxygen atoms in total. The predicted molar refractivity (Wildman–Crippen MR) is 101 cm³/mol. The number of imide groups is 1. The van der Waals surface area contributed by atoms with Gasteiger partial charge in [0, 0.05) is 6.20 Å². The number of amides is 3. The summed E-state index contributed by atoms with van der Waals surface area (Å²) in [7, 11) is 0. The zero-order chi connectivity index (χ0) is 19.7. The quantitative estimate of drug-likeness (QED) is 0.698. The molecule has 1 saturated heterocycles. The van der Waals surface area contributed by atoms with Gasteiger partial charge in [-0.05, 0) is 61.0 Å². The zero-order valence-electron chi connectivity index (χ0n) is 14.9. The number of aromatic nitrogens is 1. The van der Waals surface area contributed by atoms with Gasteiger partial charge in [-0.15, -0.1) is 0 Å². The molecule has 3 aromatic rings. The third-order valence-corrected chi connectivity index (χ3v) is 4.58. The van der Waals surface area contributed by atoms with Crippen molar-refractivity contribution in [1.29, 1.82) is 0 Å². The van der Waals surface area contributed by atoms with E-state index in [9.17, 15) is 14.0 Å². The molecule has 1 atom stereocenters. The van der Waals surface area contributed by atoms with Crippen LogP contribution in [-0.2, 0) is 10.3 Å². The maximum Gasteiger partial charge on any atom is 0.329 e. The van der Waals surface area contributed by atoms with Gasteiger partial charge in [-0.2, -0.15) is 0 Å². The van der Waals surface area contributed by atoms with E-state index in [4.69, 9.17) is 4.74 Å². The number of urea groups is 1. The number of rotatable bonds is 4. The first-order valence-corrected chi connectivity index (χ1v) is 8.58. The van der Waals surface area contributed by atoms with Crippen molar-refractivity contribution in [3.8, 4) is 11.5 Å². The Hall–Kier alpha value is -3.74. The molecule has 28 heavy (non-hydrogen) atoms. The Morgan fingerprint density at radius 3 is 2.36 bits per heavy atom. The van der Waals surface area contributed by atoms with E-state index in [1.807, 2.05) is 0 Å². The molecule has 0 saturated carbocycles. The van der Waals surface area contributed by atoms with E-state index in [2.05, 4.69) is 10.3 Å². The minimum atomic E-state index is -1.27. The van der Waals surface area contributed by atoms with Crippen LogP contribution in [0.2, 0.25) is 0 Å². The van der Waals surface area contributed by atoms with Gasteiger partial charge in [0.1, 0.15) is 22.9 Å². The van der Waals surface area contributed by atoms with Crippen LogP contribution in [0.3, 0.4) is 0 Å². The average molecular weight is 377 g/mol. The SMILES string of the molecule is CC1(c2ccc(F)cc2)NC(=O)N(c2ccc(Oc3cccnc3)cc2)C1=O. The van der Waals surface area contributed by atoms with E-state index in [1.165, 1.54) is 24.3 Å². The molecule has 1 fully saturated rings. The number of nitrogens with one attached hydrogen (secondary N) is 1. The predicted octanol–water partition coefficient (Wildman–Crippen LogP) is 3.98. The zero-order valence-corrected chi connectivity index (χ0v) is 14.9. The van der Waals surface area contributed by atoms with Crippen LogP contribution >= 0.6 is 0 Å². The molecular formula is C21H16FN3O3. The van der Waals surface area contributed by atoms with Crippen LogP contribution in [0.15, 0.2) is 73.1 Å². The van der Waals surface area contributed by atoms with Gasteiger partial charge in [0.25, 0.3) is 5.91 Å². The summed E-state index contributed by atoms with van der Waals surface area (Å²) in [5.74, 6) is 0.273. The van der Waals surface area contributed by atoms with Gasteiger partial charge < -0.3 is 10.1 Å². The molecule has 0 bridgehead atoms.